The number of anilines is 1. The van der Waals surface area contributed by atoms with Gasteiger partial charge in [0.2, 0.25) is 5.91 Å². The maximum atomic E-state index is 11.9. The predicted molar refractivity (Wildman–Crippen MR) is 88.1 cm³/mol. The smallest absolute Gasteiger partial charge is 0.238 e. The van der Waals surface area contributed by atoms with E-state index in [1.807, 2.05) is 20.8 Å². The third-order valence-electron chi connectivity index (χ3n) is 3.03. The summed E-state index contributed by atoms with van der Waals surface area (Å²) in [6, 6.07) is 7.15. The third kappa shape index (κ3) is 4.52. The SMILES string of the molecule is Cc1nc(C)c(C(C)NCC(=O)Nc2ccc(Cl)cc2)s1. The topological polar surface area (TPSA) is 54.0 Å². The lowest BCUT2D eigenvalue weighted by Gasteiger charge is -2.13. The summed E-state index contributed by atoms with van der Waals surface area (Å²) in [5.41, 5.74) is 1.76. The second kappa shape index (κ2) is 7.02. The first-order chi connectivity index (χ1) is 9.95. The van der Waals surface area contributed by atoms with Crippen LogP contribution in [0.3, 0.4) is 0 Å². The van der Waals surface area contributed by atoms with Crippen molar-refractivity contribution >= 4 is 34.5 Å². The minimum absolute atomic E-state index is 0.0805. The first kappa shape index (κ1) is 15.9. The van der Waals surface area contributed by atoms with E-state index in [0.29, 0.717) is 5.02 Å². The van der Waals surface area contributed by atoms with Gasteiger partial charge in [-0.25, -0.2) is 4.98 Å². The fourth-order valence-corrected chi connectivity index (χ4v) is 3.11. The maximum Gasteiger partial charge on any atom is 0.238 e. The summed E-state index contributed by atoms with van der Waals surface area (Å²) in [6.45, 7) is 6.27. The molecule has 1 heterocycles. The largest absolute Gasteiger partial charge is 0.325 e. The van der Waals surface area contributed by atoms with Gasteiger partial charge in [-0.2, -0.15) is 0 Å². The standard InChI is InChI=1S/C15H18ClN3OS/c1-9(15-10(2)18-11(3)21-15)17-8-14(20)19-13-6-4-12(16)5-7-13/h4-7,9,17H,8H2,1-3H3,(H,19,20). The molecular formula is C15H18ClN3OS. The predicted octanol–water partition coefficient (Wildman–Crippen LogP) is 3.70. The van der Waals surface area contributed by atoms with Crippen molar-refractivity contribution in [1.82, 2.24) is 10.3 Å². The van der Waals surface area contributed by atoms with Crippen LogP contribution in [0.25, 0.3) is 0 Å². The van der Waals surface area contributed by atoms with Crippen LogP contribution in [0.2, 0.25) is 5.02 Å². The number of thiazole rings is 1. The molecule has 0 spiro atoms. The third-order valence-corrected chi connectivity index (χ3v) is 4.54. The van der Waals surface area contributed by atoms with Gasteiger partial charge in [0.1, 0.15) is 0 Å². The Morgan fingerprint density at radius 1 is 1.33 bits per heavy atom. The molecule has 0 aliphatic rings. The Bertz CT molecular complexity index is 624. The molecule has 4 nitrogen and oxygen atoms in total. The number of hydrogen-bond acceptors (Lipinski definition) is 4. The monoisotopic (exact) mass is 323 g/mol. The number of nitrogens with zero attached hydrogens (tertiary/aromatic N) is 1. The Morgan fingerprint density at radius 3 is 2.57 bits per heavy atom. The summed E-state index contributed by atoms with van der Waals surface area (Å²) in [5, 5.41) is 7.73. The van der Waals surface area contributed by atoms with Crippen molar-refractivity contribution < 1.29 is 4.79 Å². The van der Waals surface area contributed by atoms with Crippen LogP contribution in [0.5, 0.6) is 0 Å². The van der Waals surface area contributed by atoms with E-state index >= 15 is 0 Å². The molecule has 112 valence electrons. The van der Waals surface area contributed by atoms with Gasteiger partial charge >= 0.3 is 0 Å². The summed E-state index contributed by atoms with van der Waals surface area (Å²) in [5.74, 6) is -0.0805. The minimum Gasteiger partial charge on any atom is -0.325 e. The quantitative estimate of drug-likeness (QED) is 0.882. The highest BCUT2D eigenvalue weighted by Crippen LogP contribution is 2.24. The fraction of sp³-hybridized carbons (Fsp3) is 0.333. The van der Waals surface area contributed by atoms with Gasteiger partial charge in [0.05, 0.1) is 17.2 Å². The molecule has 0 fully saturated rings. The lowest BCUT2D eigenvalue weighted by molar-refractivity contribution is -0.115. The molecule has 1 amide bonds. The minimum atomic E-state index is -0.0805. The molecule has 0 aliphatic heterocycles. The Morgan fingerprint density at radius 2 is 2.00 bits per heavy atom. The van der Waals surface area contributed by atoms with Crippen LogP contribution >= 0.6 is 22.9 Å². The Hall–Kier alpha value is -1.43. The van der Waals surface area contributed by atoms with Crippen LogP contribution in [0.4, 0.5) is 5.69 Å². The van der Waals surface area contributed by atoms with Gasteiger partial charge in [0.15, 0.2) is 0 Å². The van der Waals surface area contributed by atoms with Gasteiger partial charge in [0, 0.05) is 21.6 Å². The first-order valence-electron chi connectivity index (χ1n) is 6.68. The molecule has 0 radical (unpaired) electrons. The molecule has 0 saturated carbocycles. The Labute approximate surface area is 133 Å². The second-order valence-corrected chi connectivity index (χ2v) is 6.51. The van der Waals surface area contributed by atoms with Crippen molar-refractivity contribution in [2.45, 2.75) is 26.8 Å². The number of aryl methyl sites for hydroxylation is 2. The molecule has 0 aliphatic carbocycles. The fourth-order valence-electron chi connectivity index (χ4n) is 2.03. The molecule has 21 heavy (non-hydrogen) atoms. The average Bonchev–Trinajstić information content (AvgIpc) is 2.78. The zero-order valence-electron chi connectivity index (χ0n) is 12.2. The van der Waals surface area contributed by atoms with E-state index < -0.39 is 0 Å². The number of carbonyl (C=O) groups excluding carboxylic acids is 1. The molecule has 6 heteroatoms. The second-order valence-electron chi connectivity index (χ2n) is 4.84. The van der Waals surface area contributed by atoms with Gasteiger partial charge in [0.25, 0.3) is 0 Å². The zero-order chi connectivity index (χ0) is 15.4. The van der Waals surface area contributed by atoms with E-state index in [-0.39, 0.29) is 18.5 Å². The van der Waals surface area contributed by atoms with Gasteiger partial charge < -0.3 is 10.6 Å². The summed E-state index contributed by atoms with van der Waals surface area (Å²) in [7, 11) is 0. The van der Waals surface area contributed by atoms with Crippen molar-refractivity contribution in [2.24, 2.45) is 0 Å². The van der Waals surface area contributed by atoms with Gasteiger partial charge in [-0.15, -0.1) is 11.3 Å². The number of halogens is 1. The lowest BCUT2D eigenvalue weighted by atomic mass is 10.2. The number of hydrogen-bond donors (Lipinski definition) is 2. The molecule has 1 atom stereocenters. The molecule has 2 aromatic rings. The zero-order valence-corrected chi connectivity index (χ0v) is 13.8. The van der Waals surface area contributed by atoms with E-state index in [9.17, 15) is 4.79 Å². The summed E-state index contributed by atoms with van der Waals surface area (Å²) in [4.78, 5) is 17.5. The van der Waals surface area contributed by atoms with E-state index in [4.69, 9.17) is 11.6 Å². The van der Waals surface area contributed by atoms with Crippen LogP contribution in [0.15, 0.2) is 24.3 Å². The normalized spacial score (nSPS) is 12.2. The van der Waals surface area contributed by atoms with E-state index in [1.54, 1.807) is 35.6 Å². The van der Waals surface area contributed by atoms with Crippen molar-refractivity contribution in [3.05, 3.63) is 44.9 Å². The molecular weight excluding hydrogens is 306 g/mol. The molecule has 0 bridgehead atoms. The average molecular weight is 324 g/mol. The highest BCUT2D eigenvalue weighted by Gasteiger charge is 2.13. The van der Waals surface area contributed by atoms with Gasteiger partial charge in [-0.1, -0.05) is 11.6 Å². The number of nitrogens with one attached hydrogen (secondary N) is 2. The van der Waals surface area contributed by atoms with Crippen molar-refractivity contribution in [3.8, 4) is 0 Å². The number of amides is 1. The summed E-state index contributed by atoms with van der Waals surface area (Å²) in [6.07, 6.45) is 0. The number of rotatable bonds is 5. The van der Waals surface area contributed by atoms with Crippen LogP contribution < -0.4 is 10.6 Å². The number of aromatic nitrogens is 1. The maximum absolute atomic E-state index is 11.9. The first-order valence-corrected chi connectivity index (χ1v) is 7.88. The highest BCUT2D eigenvalue weighted by atomic mass is 35.5. The van der Waals surface area contributed by atoms with Crippen LogP contribution in [0.1, 0.15) is 28.5 Å². The van der Waals surface area contributed by atoms with Gasteiger partial charge in [-0.3, -0.25) is 4.79 Å². The summed E-state index contributed by atoms with van der Waals surface area (Å²) >= 11 is 7.47. The van der Waals surface area contributed by atoms with E-state index in [2.05, 4.69) is 15.6 Å². The highest BCUT2D eigenvalue weighted by molar-refractivity contribution is 7.11. The van der Waals surface area contributed by atoms with Crippen LogP contribution in [-0.2, 0) is 4.79 Å². The van der Waals surface area contributed by atoms with Crippen molar-refractivity contribution in [3.63, 3.8) is 0 Å². The van der Waals surface area contributed by atoms with E-state index in [1.165, 1.54) is 4.88 Å². The van der Waals surface area contributed by atoms with Gasteiger partial charge in [-0.05, 0) is 45.0 Å². The number of benzene rings is 1. The summed E-state index contributed by atoms with van der Waals surface area (Å²) < 4.78 is 0. The molecule has 1 aromatic carbocycles. The van der Waals surface area contributed by atoms with Crippen molar-refractivity contribution in [1.29, 1.82) is 0 Å². The lowest BCUT2D eigenvalue weighted by Crippen LogP contribution is -2.30. The Balaban J connectivity index is 1.86. The van der Waals surface area contributed by atoms with Crippen LogP contribution in [0, 0.1) is 13.8 Å². The number of carbonyl (C=O) groups is 1. The molecule has 1 unspecified atom stereocenters. The molecule has 0 saturated heterocycles. The van der Waals surface area contributed by atoms with Crippen LogP contribution in [-0.4, -0.2) is 17.4 Å². The Kier molecular flexibility index (Phi) is 5.33. The molecule has 2 rings (SSSR count). The molecule has 1 aromatic heterocycles. The van der Waals surface area contributed by atoms with Crippen molar-refractivity contribution in [2.75, 3.05) is 11.9 Å². The van der Waals surface area contributed by atoms with E-state index in [0.717, 1.165) is 16.4 Å². The molecule has 2 N–H and O–H groups in total.